The van der Waals surface area contributed by atoms with E-state index in [9.17, 15) is 18.0 Å². The standard InChI is InChI=1S/C11H11F3O3/c1-6(10(15)16)9-7(11(12,13)14)4-3-5-8(9)17-2/h3-6H,1-2H3,(H,15,16). The lowest BCUT2D eigenvalue weighted by atomic mass is 9.94. The lowest BCUT2D eigenvalue weighted by Crippen LogP contribution is -2.16. The van der Waals surface area contributed by atoms with Crippen molar-refractivity contribution < 1.29 is 27.8 Å². The van der Waals surface area contributed by atoms with Crippen molar-refractivity contribution in [3.63, 3.8) is 0 Å². The molecule has 3 nitrogen and oxygen atoms in total. The summed E-state index contributed by atoms with van der Waals surface area (Å²) < 4.78 is 43.0. The Balaban J connectivity index is 3.46. The van der Waals surface area contributed by atoms with Crippen molar-refractivity contribution in [2.24, 2.45) is 0 Å². The van der Waals surface area contributed by atoms with Gasteiger partial charge in [-0.05, 0) is 19.1 Å². The first-order chi connectivity index (χ1) is 7.79. The molecule has 6 heteroatoms. The van der Waals surface area contributed by atoms with E-state index in [1.54, 1.807) is 0 Å². The highest BCUT2D eigenvalue weighted by atomic mass is 19.4. The number of carboxylic acid groups (broad SMARTS) is 1. The smallest absolute Gasteiger partial charge is 0.416 e. The maximum absolute atomic E-state index is 12.7. The van der Waals surface area contributed by atoms with Crippen molar-refractivity contribution in [1.82, 2.24) is 0 Å². The molecule has 0 saturated carbocycles. The van der Waals surface area contributed by atoms with Crippen LogP contribution in [0.3, 0.4) is 0 Å². The summed E-state index contributed by atoms with van der Waals surface area (Å²) >= 11 is 0. The van der Waals surface area contributed by atoms with E-state index in [-0.39, 0.29) is 11.3 Å². The predicted octanol–water partition coefficient (Wildman–Crippen LogP) is 2.90. The first-order valence-electron chi connectivity index (χ1n) is 4.76. The van der Waals surface area contributed by atoms with Gasteiger partial charge in [0.2, 0.25) is 0 Å². The zero-order chi connectivity index (χ0) is 13.2. The molecule has 0 radical (unpaired) electrons. The zero-order valence-corrected chi connectivity index (χ0v) is 9.21. The van der Waals surface area contributed by atoms with Gasteiger partial charge in [0.15, 0.2) is 0 Å². The van der Waals surface area contributed by atoms with Gasteiger partial charge >= 0.3 is 12.1 Å². The normalized spacial score (nSPS) is 13.2. The molecule has 1 aromatic rings. The van der Waals surface area contributed by atoms with Crippen LogP contribution in [-0.2, 0) is 11.0 Å². The maximum Gasteiger partial charge on any atom is 0.416 e. The summed E-state index contributed by atoms with van der Waals surface area (Å²) in [4.78, 5) is 10.8. The number of aliphatic carboxylic acids is 1. The molecule has 1 N–H and O–H groups in total. The molecule has 1 rings (SSSR count). The summed E-state index contributed by atoms with van der Waals surface area (Å²) in [5.74, 6) is -2.70. The third kappa shape index (κ3) is 2.69. The molecular formula is C11H11F3O3. The van der Waals surface area contributed by atoms with Gasteiger partial charge in [0.25, 0.3) is 0 Å². The van der Waals surface area contributed by atoms with E-state index < -0.39 is 23.6 Å². The van der Waals surface area contributed by atoms with E-state index >= 15 is 0 Å². The largest absolute Gasteiger partial charge is 0.496 e. The van der Waals surface area contributed by atoms with Crippen LogP contribution in [0.2, 0.25) is 0 Å². The molecule has 17 heavy (non-hydrogen) atoms. The van der Waals surface area contributed by atoms with Crippen LogP contribution in [0.25, 0.3) is 0 Å². The lowest BCUT2D eigenvalue weighted by Gasteiger charge is -2.18. The highest BCUT2D eigenvalue weighted by Crippen LogP contribution is 2.39. The Labute approximate surface area is 95.8 Å². The number of hydrogen-bond donors (Lipinski definition) is 1. The van der Waals surface area contributed by atoms with E-state index in [1.165, 1.54) is 26.2 Å². The monoisotopic (exact) mass is 248 g/mol. The summed E-state index contributed by atoms with van der Waals surface area (Å²) in [6.07, 6.45) is -4.60. The van der Waals surface area contributed by atoms with Crippen LogP contribution in [0.5, 0.6) is 5.75 Å². The van der Waals surface area contributed by atoms with Gasteiger partial charge in [-0.25, -0.2) is 0 Å². The molecule has 0 amide bonds. The van der Waals surface area contributed by atoms with Crippen LogP contribution in [0.15, 0.2) is 18.2 Å². The molecule has 0 aromatic heterocycles. The quantitative estimate of drug-likeness (QED) is 0.894. The van der Waals surface area contributed by atoms with Gasteiger partial charge in [-0.3, -0.25) is 4.79 Å². The summed E-state index contributed by atoms with van der Waals surface area (Å²) in [7, 11) is 1.20. The first-order valence-corrected chi connectivity index (χ1v) is 4.76. The number of halogens is 3. The fourth-order valence-electron chi connectivity index (χ4n) is 1.54. The number of carbonyl (C=O) groups is 1. The summed E-state index contributed by atoms with van der Waals surface area (Å²) in [5, 5.41) is 8.82. The Morgan fingerprint density at radius 2 is 2.00 bits per heavy atom. The zero-order valence-electron chi connectivity index (χ0n) is 9.21. The summed E-state index contributed by atoms with van der Waals surface area (Å²) in [6, 6.07) is 3.33. The predicted molar refractivity (Wildman–Crippen MR) is 54.0 cm³/mol. The van der Waals surface area contributed by atoms with Gasteiger partial charge in [0, 0.05) is 5.56 Å². The highest BCUT2D eigenvalue weighted by Gasteiger charge is 2.37. The van der Waals surface area contributed by atoms with E-state index in [4.69, 9.17) is 9.84 Å². The van der Waals surface area contributed by atoms with Gasteiger partial charge in [-0.1, -0.05) is 6.07 Å². The molecule has 0 heterocycles. The summed E-state index contributed by atoms with van der Waals surface area (Å²) in [5.41, 5.74) is -1.33. The third-order valence-electron chi connectivity index (χ3n) is 2.39. The number of hydrogen-bond acceptors (Lipinski definition) is 2. The second-order valence-corrected chi connectivity index (χ2v) is 3.48. The van der Waals surface area contributed by atoms with E-state index in [0.717, 1.165) is 6.07 Å². The molecule has 1 unspecified atom stereocenters. The number of ether oxygens (including phenoxy) is 1. The Kier molecular flexibility index (Phi) is 3.65. The molecular weight excluding hydrogens is 237 g/mol. The van der Waals surface area contributed by atoms with E-state index in [2.05, 4.69) is 0 Å². The van der Waals surface area contributed by atoms with Gasteiger partial charge in [-0.2, -0.15) is 13.2 Å². The van der Waals surface area contributed by atoms with Crippen LogP contribution in [0.1, 0.15) is 24.0 Å². The minimum Gasteiger partial charge on any atom is -0.496 e. The minimum absolute atomic E-state index is 0.0743. The molecule has 0 saturated heterocycles. The Morgan fingerprint density at radius 1 is 1.41 bits per heavy atom. The first kappa shape index (κ1) is 13.3. The molecule has 1 atom stereocenters. The Hall–Kier alpha value is -1.72. The van der Waals surface area contributed by atoms with Crippen molar-refractivity contribution in [2.45, 2.75) is 19.0 Å². The average Bonchev–Trinajstić information content (AvgIpc) is 2.25. The molecule has 0 aliphatic carbocycles. The molecule has 0 spiro atoms. The van der Waals surface area contributed by atoms with Gasteiger partial charge < -0.3 is 9.84 Å². The second kappa shape index (κ2) is 4.65. The molecule has 0 fully saturated rings. The highest BCUT2D eigenvalue weighted by molar-refractivity contribution is 5.77. The van der Waals surface area contributed by atoms with Gasteiger partial charge in [0.1, 0.15) is 5.75 Å². The van der Waals surface area contributed by atoms with E-state index in [0.29, 0.717) is 0 Å². The van der Waals surface area contributed by atoms with Crippen LogP contribution in [0.4, 0.5) is 13.2 Å². The van der Waals surface area contributed by atoms with E-state index in [1.807, 2.05) is 0 Å². The number of carboxylic acids is 1. The van der Waals surface area contributed by atoms with Crippen molar-refractivity contribution in [3.8, 4) is 5.75 Å². The van der Waals surface area contributed by atoms with Crippen molar-refractivity contribution in [1.29, 1.82) is 0 Å². The number of alkyl halides is 3. The maximum atomic E-state index is 12.7. The van der Waals surface area contributed by atoms with Crippen molar-refractivity contribution in [3.05, 3.63) is 29.3 Å². The molecule has 1 aromatic carbocycles. The fraction of sp³-hybridized carbons (Fsp3) is 0.364. The molecule has 0 aliphatic rings. The van der Waals surface area contributed by atoms with Crippen LogP contribution in [0, 0.1) is 0 Å². The van der Waals surface area contributed by atoms with Crippen molar-refractivity contribution >= 4 is 5.97 Å². The lowest BCUT2D eigenvalue weighted by molar-refractivity contribution is -0.141. The third-order valence-corrected chi connectivity index (χ3v) is 2.39. The topological polar surface area (TPSA) is 46.5 Å². The molecule has 0 bridgehead atoms. The summed E-state index contributed by atoms with van der Waals surface area (Å²) in [6.45, 7) is 1.19. The minimum atomic E-state index is -4.60. The molecule has 0 aliphatic heterocycles. The number of benzene rings is 1. The fourth-order valence-corrected chi connectivity index (χ4v) is 1.54. The average molecular weight is 248 g/mol. The van der Waals surface area contributed by atoms with Gasteiger partial charge in [-0.15, -0.1) is 0 Å². The van der Waals surface area contributed by atoms with Gasteiger partial charge in [0.05, 0.1) is 18.6 Å². The number of rotatable bonds is 3. The molecule has 94 valence electrons. The van der Waals surface area contributed by atoms with Crippen LogP contribution in [-0.4, -0.2) is 18.2 Å². The SMILES string of the molecule is COc1cccc(C(F)(F)F)c1C(C)C(=O)O. The Morgan fingerprint density at radius 3 is 2.41 bits per heavy atom. The van der Waals surface area contributed by atoms with Crippen LogP contribution < -0.4 is 4.74 Å². The second-order valence-electron chi connectivity index (χ2n) is 3.48. The number of methoxy groups -OCH3 is 1. The van der Waals surface area contributed by atoms with Crippen LogP contribution >= 0.6 is 0 Å². The Bertz CT molecular complexity index is 426. The van der Waals surface area contributed by atoms with Crippen molar-refractivity contribution in [2.75, 3.05) is 7.11 Å².